The van der Waals surface area contributed by atoms with E-state index in [1.54, 1.807) is 18.0 Å². The van der Waals surface area contributed by atoms with Crippen molar-refractivity contribution in [1.29, 1.82) is 0 Å². The van der Waals surface area contributed by atoms with Gasteiger partial charge in [0.2, 0.25) is 0 Å². The molecule has 1 saturated carbocycles. The van der Waals surface area contributed by atoms with Crippen molar-refractivity contribution in [2.75, 3.05) is 13.7 Å². The molecule has 1 amide bonds. The average molecular weight is 313 g/mol. The molecular formula is C18H23N3O2. The van der Waals surface area contributed by atoms with Crippen molar-refractivity contribution < 1.29 is 9.53 Å². The van der Waals surface area contributed by atoms with Crippen molar-refractivity contribution in [1.82, 2.24) is 14.7 Å². The zero-order valence-corrected chi connectivity index (χ0v) is 13.9. The fourth-order valence-corrected chi connectivity index (χ4v) is 2.68. The lowest BCUT2D eigenvalue weighted by Gasteiger charge is -2.23. The van der Waals surface area contributed by atoms with Gasteiger partial charge in [0.25, 0.3) is 5.91 Å². The first-order valence-electron chi connectivity index (χ1n) is 8.10. The van der Waals surface area contributed by atoms with Crippen molar-refractivity contribution in [3.8, 4) is 11.4 Å². The van der Waals surface area contributed by atoms with Gasteiger partial charge in [0.1, 0.15) is 0 Å². The lowest BCUT2D eigenvalue weighted by molar-refractivity contribution is 0.0712. The second-order valence-electron chi connectivity index (χ2n) is 6.41. The molecule has 0 N–H and O–H groups in total. The van der Waals surface area contributed by atoms with Gasteiger partial charge in [0.15, 0.2) is 11.4 Å². The molecule has 1 aromatic heterocycles. The number of rotatable bonds is 6. The molecule has 1 aliphatic carbocycles. The minimum absolute atomic E-state index is 0.0345. The Balaban J connectivity index is 1.91. The van der Waals surface area contributed by atoms with E-state index >= 15 is 0 Å². The van der Waals surface area contributed by atoms with Crippen molar-refractivity contribution in [3.63, 3.8) is 0 Å². The molecule has 3 rings (SSSR count). The first-order valence-corrected chi connectivity index (χ1v) is 8.10. The Hall–Kier alpha value is -2.30. The number of hydrogen-bond donors (Lipinski definition) is 0. The van der Waals surface area contributed by atoms with Gasteiger partial charge >= 0.3 is 0 Å². The summed E-state index contributed by atoms with van der Waals surface area (Å²) in [6, 6.07) is 10.1. The Bertz CT molecular complexity index is 675. The molecule has 1 fully saturated rings. The fraction of sp³-hybridized carbons (Fsp3) is 0.444. The molecule has 1 heterocycles. The quantitative estimate of drug-likeness (QED) is 0.823. The maximum atomic E-state index is 13.0. The number of amides is 1. The molecule has 0 aliphatic heterocycles. The van der Waals surface area contributed by atoms with E-state index in [0.29, 0.717) is 23.4 Å². The van der Waals surface area contributed by atoms with Gasteiger partial charge in [0, 0.05) is 12.6 Å². The third-order valence-electron chi connectivity index (χ3n) is 3.93. The van der Waals surface area contributed by atoms with Crippen LogP contribution in [0.5, 0.6) is 5.75 Å². The molecule has 1 aliphatic rings. The van der Waals surface area contributed by atoms with Crippen LogP contribution in [0.4, 0.5) is 0 Å². The smallest absolute Gasteiger partial charge is 0.278 e. The predicted octanol–water partition coefficient (Wildman–Crippen LogP) is 3.14. The monoisotopic (exact) mass is 313 g/mol. The summed E-state index contributed by atoms with van der Waals surface area (Å²) in [6.07, 6.45) is 3.93. The molecule has 0 spiro atoms. The van der Waals surface area contributed by atoms with Crippen molar-refractivity contribution >= 4 is 5.91 Å². The third kappa shape index (κ3) is 3.38. The van der Waals surface area contributed by atoms with E-state index in [1.807, 2.05) is 35.2 Å². The van der Waals surface area contributed by atoms with Gasteiger partial charge in [-0.15, -0.1) is 0 Å². The van der Waals surface area contributed by atoms with Gasteiger partial charge in [0.05, 0.1) is 19.0 Å². The van der Waals surface area contributed by atoms with Crippen molar-refractivity contribution in [2.24, 2.45) is 5.92 Å². The van der Waals surface area contributed by atoms with Crippen LogP contribution in [0.1, 0.15) is 37.2 Å². The Morgan fingerprint density at radius 1 is 1.35 bits per heavy atom. The first kappa shape index (κ1) is 15.6. The summed E-state index contributed by atoms with van der Waals surface area (Å²) in [5, 5.41) is 4.49. The number of ether oxygens (including phenoxy) is 1. The zero-order chi connectivity index (χ0) is 16.4. The molecule has 5 heteroatoms. The lowest BCUT2D eigenvalue weighted by atomic mass is 10.2. The van der Waals surface area contributed by atoms with Crippen LogP contribution in [0.3, 0.4) is 0 Å². The largest absolute Gasteiger partial charge is 0.493 e. The molecule has 23 heavy (non-hydrogen) atoms. The number of benzene rings is 1. The van der Waals surface area contributed by atoms with E-state index < -0.39 is 0 Å². The number of para-hydroxylation sites is 1. The Morgan fingerprint density at radius 2 is 2.04 bits per heavy atom. The first-order chi connectivity index (χ1) is 11.1. The van der Waals surface area contributed by atoms with Crippen LogP contribution in [-0.4, -0.2) is 40.3 Å². The second kappa shape index (κ2) is 6.44. The fourth-order valence-electron chi connectivity index (χ4n) is 2.68. The van der Waals surface area contributed by atoms with E-state index in [-0.39, 0.29) is 5.91 Å². The highest BCUT2D eigenvalue weighted by atomic mass is 16.5. The summed E-state index contributed by atoms with van der Waals surface area (Å²) in [5.41, 5.74) is 1.30. The molecule has 1 aromatic carbocycles. The number of nitrogens with zero attached hydrogens (tertiary/aromatic N) is 3. The summed E-state index contributed by atoms with van der Waals surface area (Å²) < 4.78 is 7.09. The summed E-state index contributed by atoms with van der Waals surface area (Å²) in [4.78, 5) is 14.9. The van der Waals surface area contributed by atoms with Gasteiger partial charge in [-0.1, -0.05) is 32.0 Å². The Morgan fingerprint density at radius 3 is 2.61 bits per heavy atom. The van der Waals surface area contributed by atoms with Crippen molar-refractivity contribution in [2.45, 2.75) is 32.7 Å². The topological polar surface area (TPSA) is 47.4 Å². The third-order valence-corrected chi connectivity index (χ3v) is 3.93. The zero-order valence-electron chi connectivity index (χ0n) is 13.9. The van der Waals surface area contributed by atoms with Gasteiger partial charge < -0.3 is 9.64 Å². The standard InChI is InChI=1S/C18H23N3O2/c1-13(2)11-20(14-9-10-14)18(22)17-16(23-3)12-21(19-17)15-7-5-4-6-8-15/h4-8,12-14H,9-11H2,1-3H3. The Kier molecular flexibility index (Phi) is 4.37. The highest BCUT2D eigenvalue weighted by molar-refractivity contribution is 5.95. The minimum Gasteiger partial charge on any atom is -0.493 e. The van der Waals surface area contributed by atoms with Crippen LogP contribution in [0.25, 0.3) is 5.69 Å². The molecule has 0 unspecified atom stereocenters. The number of hydrogen-bond acceptors (Lipinski definition) is 3. The van der Waals surface area contributed by atoms with Gasteiger partial charge in [-0.3, -0.25) is 4.79 Å². The predicted molar refractivity (Wildman–Crippen MR) is 89.0 cm³/mol. The summed E-state index contributed by atoms with van der Waals surface area (Å²) in [7, 11) is 1.58. The van der Waals surface area contributed by atoms with Gasteiger partial charge in [-0.2, -0.15) is 5.10 Å². The van der Waals surface area contributed by atoms with Crippen LogP contribution in [0.2, 0.25) is 0 Å². The SMILES string of the molecule is COc1cn(-c2ccccc2)nc1C(=O)N(CC(C)C)C1CC1. The van der Waals surface area contributed by atoms with E-state index in [0.717, 1.165) is 25.1 Å². The molecule has 2 aromatic rings. The molecule has 5 nitrogen and oxygen atoms in total. The number of methoxy groups -OCH3 is 1. The van der Waals surface area contributed by atoms with Gasteiger partial charge in [-0.05, 0) is 30.9 Å². The molecule has 122 valence electrons. The normalized spacial score (nSPS) is 14.1. The maximum absolute atomic E-state index is 13.0. The van der Waals surface area contributed by atoms with Crippen LogP contribution >= 0.6 is 0 Å². The van der Waals surface area contributed by atoms with E-state index in [2.05, 4.69) is 18.9 Å². The van der Waals surface area contributed by atoms with Gasteiger partial charge in [-0.25, -0.2) is 4.68 Å². The van der Waals surface area contributed by atoms with Crippen molar-refractivity contribution in [3.05, 3.63) is 42.2 Å². The van der Waals surface area contributed by atoms with E-state index in [9.17, 15) is 4.79 Å². The number of carbonyl (C=O) groups excluding carboxylic acids is 1. The highest BCUT2D eigenvalue weighted by Crippen LogP contribution is 2.31. The number of carbonyl (C=O) groups is 1. The van der Waals surface area contributed by atoms with E-state index in [4.69, 9.17) is 4.74 Å². The summed E-state index contributed by atoms with van der Waals surface area (Å²) in [6.45, 7) is 5.01. The maximum Gasteiger partial charge on any atom is 0.278 e. The van der Waals surface area contributed by atoms with Crippen LogP contribution in [0, 0.1) is 5.92 Å². The van der Waals surface area contributed by atoms with E-state index in [1.165, 1.54) is 0 Å². The molecule has 0 bridgehead atoms. The molecule has 0 saturated heterocycles. The summed E-state index contributed by atoms with van der Waals surface area (Å²) >= 11 is 0. The number of aromatic nitrogens is 2. The lowest BCUT2D eigenvalue weighted by Crippen LogP contribution is -2.36. The highest BCUT2D eigenvalue weighted by Gasteiger charge is 2.35. The minimum atomic E-state index is -0.0345. The second-order valence-corrected chi connectivity index (χ2v) is 6.41. The van der Waals surface area contributed by atoms with Crippen LogP contribution in [-0.2, 0) is 0 Å². The molecule has 0 atom stereocenters. The van der Waals surface area contributed by atoms with Crippen LogP contribution in [0.15, 0.2) is 36.5 Å². The molecule has 0 radical (unpaired) electrons. The average Bonchev–Trinajstić information content (AvgIpc) is 3.30. The Labute approximate surface area is 136 Å². The molecular weight excluding hydrogens is 290 g/mol. The van der Waals surface area contributed by atoms with Crippen LogP contribution < -0.4 is 4.74 Å². The summed E-state index contributed by atoms with van der Waals surface area (Å²) in [5.74, 6) is 0.919.